The number of hydrogen-bond acceptors (Lipinski definition) is 4. The number of likely N-dealkylation sites (N-methyl/N-ethyl adjacent to an activating group) is 2. The summed E-state index contributed by atoms with van der Waals surface area (Å²) in [5, 5.41) is 3.42. The van der Waals surface area contributed by atoms with Crippen molar-refractivity contribution in [2.75, 3.05) is 53.9 Å². The van der Waals surface area contributed by atoms with Gasteiger partial charge in [-0.15, -0.1) is 0 Å². The molecule has 21 heavy (non-hydrogen) atoms. The van der Waals surface area contributed by atoms with Crippen LogP contribution in [0.25, 0.3) is 0 Å². The highest BCUT2D eigenvalue weighted by Crippen LogP contribution is 2.25. The first kappa shape index (κ1) is 16.3. The minimum Gasteiger partial charge on any atom is -0.496 e. The summed E-state index contributed by atoms with van der Waals surface area (Å²) in [6.07, 6.45) is 2.73. The summed E-state index contributed by atoms with van der Waals surface area (Å²) in [6.45, 7) is 5.84. The minimum atomic E-state index is 0.296. The molecule has 2 rings (SSSR count). The Morgan fingerprint density at radius 1 is 1.29 bits per heavy atom. The molecule has 1 fully saturated rings. The van der Waals surface area contributed by atoms with Crippen molar-refractivity contribution in [3.63, 3.8) is 0 Å². The lowest BCUT2D eigenvalue weighted by Gasteiger charge is -2.27. The Hall–Kier alpha value is -1.10. The van der Waals surface area contributed by atoms with E-state index in [0.29, 0.717) is 6.04 Å². The predicted octanol–water partition coefficient (Wildman–Crippen LogP) is 1.98. The van der Waals surface area contributed by atoms with E-state index in [9.17, 15) is 0 Å². The molecule has 0 saturated carbocycles. The average Bonchev–Trinajstić information content (AvgIpc) is 3.04. The summed E-state index contributed by atoms with van der Waals surface area (Å²) in [6, 6.07) is 8.57. The highest BCUT2D eigenvalue weighted by Gasteiger charge is 2.17. The summed E-state index contributed by atoms with van der Waals surface area (Å²) >= 11 is 0. The summed E-state index contributed by atoms with van der Waals surface area (Å²) in [5.41, 5.74) is 1.23. The normalized spacial score (nSPS) is 17.3. The monoisotopic (exact) mass is 291 g/mol. The van der Waals surface area contributed by atoms with Crippen molar-refractivity contribution in [1.29, 1.82) is 0 Å². The Balaban J connectivity index is 1.88. The first-order chi connectivity index (χ1) is 10.2. The van der Waals surface area contributed by atoms with E-state index in [4.69, 9.17) is 4.74 Å². The smallest absolute Gasteiger partial charge is 0.123 e. The second-order valence-electron chi connectivity index (χ2n) is 5.89. The van der Waals surface area contributed by atoms with Crippen LogP contribution in [0.4, 0.5) is 0 Å². The van der Waals surface area contributed by atoms with Crippen LogP contribution in [-0.4, -0.2) is 63.7 Å². The molecule has 0 bridgehead atoms. The molecule has 0 spiro atoms. The van der Waals surface area contributed by atoms with Gasteiger partial charge in [-0.3, -0.25) is 0 Å². The molecular formula is C17H29N3O. The van der Waals surface area contributed by atoms with E-state index in [1.54, 1.807) is 7.11 Å². The van der Waals surface area contributed by atoms with Gasteiger partial charge in [0.25, 0.3) is 0 Å². The Kier molecular flexibility index (Phi) is 6.49. The molecule has 0 aliphatic carbocycles. The number of para-hydroxylation sites is 1. The van der Waals surface area contributed by atoms with Crippen molar-refractivity contribution in [2.24, 2.45) is 0 Å². The molecule has 1 atom stereocenters. The number of hydrogen-bond donors (Lipinski definition) is 1. The maximum Gasteiger partial charge on any atom is 0.123 e. The van der Waals surface area contributed by atoms with Crippen molar-refractivity contribution in [3.8, 4) is 5.75 Å². The Labute approximate surface area is 129 Å². The number of ether oxygens (including phenoxy) is 1. The van der Waals surface area contributed by atoms with Gasteiger partial charge in [-0.1, -0.05) is 18.2 Å². The molecule has 1 saturated heterocycles. The molecule has 0 radical (unpaired) electrons. The van der Waals surface area contributed by atoms with Crippen molar-refractivity contribution in [2.45, 2.75) is 18.9 Å². The SMILES string of the molecule is CNC(CN(C)CCN1CCCC1)c1ccccc1OC. The van der Waals surface area contributed by atoms with Crippen LogP contribution in [0.15, 0.2) is 24.3 Å². The van der Waals surface area contributed by atoms with Crippen LogP contribution in [0.2, 0.25) is 0 Å². The zero-order valence-electron chi connectivity index (χ0n) is 13.6. The Morgan fingerprint density at radius 3 is 2.67 bits per heavy atom. The fourth-order valence-corrected chi connectivity index (χ4v) is 3.02. The molecule has 118 valence electrons. The standard InChI is InChI=1S/C17H29N3O/c1-18-16(15-8-4-5-9-17(15)21-3)14-19(2)12-13-20-10-6-7-11-20/h4-5,8-9,16,18H,6-7,10-14H2,1-3H3. The van der Waals surface area contributed by atoms with Crippen LogP contribution in [-0.2, 0) is 0 Å². The maximum absolute atomic E-state index is 5.48. The fourth-order valence-electron chi connectivity index (χ4n) is 3.02. The largest absolute Gasteiger partial charge is 0.496 e. The number of benzene rings is 1. The summed E-state index contributed by atoms with van der Waals surface area (Å²) in [4.78, 5) is 4.97. The van der Waals surface area contributed by atoms with E-state index in [0.717, 1.165) is 18.8 Å². The first-order valence-corrected chi connectivity index (χ1v) is 7.95. The van der Waals surface area contributed by atoms with Gasteiger partial charge in [-0.05, 0) is 46.1 Å². The van der Waals surface area contributed by atoms with Crippen molar-refractivity contribution in [1.82, 2.24) is 15.1 Å². The lowest BCUT2D eigenvalue weighted by molar-refractivity contribution is 0.240. The van der Waals surface area contributed by atoms with Gasteiger partial charge >= 0.3 is 0 Å². The van der Waals surface area contributed by atoms with Gasteiger partial charge < -0.3 is 19.9 Å². The fraction of sp³-hybridized carbons (Fsp3) is 0.647. The summed E-state index contributed by atoms with van der Waals surface area (Å²) in [7, 11) is 5.96. The molecule has 4 heteroatoms. The van der Waals surface area contributed by atoms with Crippen molar-refractivity contribution in [3.05, 3.63) is 29.8 Å². The summed E-state index contributed by atoms with van der Waals surface area (Å²) in [5.74, 6) is 0.963. The van der Waals surface area contributed by atoms with Crippen LogP contribution in [0, 0.1) is 0 Å². The third kappa shape index (κ3) is 4.70. The van der Waals surface area contributed by atoms with E-state index in [1.807, 2.05) is 19.2 Å². The molecule has 1 unspecified atom stereocenters. The highest BCUT2D eigenvalue weighted by atomic mass is 16.5. The predicted molar refractivity (Wildman–Crippen MR) is 88.0 cm³/mol. The summed E-state index contributed by atoms with van der Waals surface area (Å²) < 4.78 is 5.48. The van der Waals surface area contributed by atoms with E-state index in [1.165, 1.54) is 38.0 Å². The molecule has 4 nitrogen and oxygen atoms in total. The van der Waals surface area contributed by atoms with Gasteiger partial charge in [0.2, 0.25) is 0 Å². The number of likely N-dealkylation sites (tertiary alicyclic amines) is 1. The van der Waals surface area contributed by atoms with Crippen LogP contribution in [0.1, 0.15) is 24.4 Å². The van der Waals surface area contributed by atoms with Crippen LogP contribution in [0.3, 0.4) is 0 Å². The van der Waals surface area contributed by atoms with Crippen LogP contribution < -0.4 is 10.1 Å². The van der Waals surface area contributed by atoms with E-state index < -0.39 is 0 Å². The molecule has 1 aliphatic heterocycles. The number of nitrogens with one attached hydrogen (secondary N) is 1. The minimum absolute atomic E-state index is 0.296. The van der Waals surface area contributed by atoms with E-state index in [2.05, 4.69) is 34.3 Å². The Morgan fingerprint density at radius 2 is 2.00 bits per heavy atom. The number of rotatable bonds is 8. The molecule has 1 aromatic rings. The van der Waals surface area contributed by atoms with Gasteiger partial charge in [0.05, 0.1) is 7.11 Å². The second-order valence-corrected chi connectivity index (χ2v) is 5.89. The van der Waals surface area contributed by atoms with Gasteiger partial charge in [0, 0.05) is 31.2 Å². The highest BCUT2D eigenvalue weighted by molar-refractivity contribution is 5.36. The molecule has 1 N–H and O–H groups in total. The van der Waals surface area contributed by atoms with Gasteiger partial charge in [-0.2, -0.15) is 0 Å². The van der Waals surface area contributed by atoms with E-state index in [-0.39, 0.29) is 0 Å². The molecular weight excluding hydrogens is 262 g/mol. The van der Waals surface area contributed by atoms with Crippen molar-refractivity contribution >= 4 is 0 Å². The molecule has 1 aliphatic rings. The van der Waals surface area contributed by atoms with Gasteiger partial charge in [0.15, 0.2) is 0 Å². The third-order valence-electron chi connectivity index (χ3n) is 4.35. The molecule has 0 aromatic heterocycles. The number of nitrogens with zero attached hydrogens (tertiary/aromatic N) is 2. The van der Waals surface area contributed by atoms with E-state index >= 15 is 0 Å². The molecule has 1 aromatic carbocycles. The lowest BCUT2D eigenvalue weighted by atomic mass is 10.1. The van der Waals surface area contributed by atoms with Crippen LogP contribution >= 0.6 is 0 Å². The lowest BCUT2D eigenvalue weighted by Crippen LogP contribution is -2.36. The van der Waals surface area contributed by atoms with Gasteiger partial charge in [0.1, 0.15) is 5.75 Å². The zero-order chi connectivity index (χ0) is 15.1. The Bertz CT molecular complexity index is 418. The first-order valence-electron chi connectivity index (χ1n) is 7.95. The molecule has 0 amide bonds. The second kappa shape index (κ2) is 8.37. The number of methoxy groups -OCH3 is 1. The third-order valence-corrected chi connectivity index (χ3v) is 4.35. The average molecular weight is 291 g/mol. The molecule has 1 heterocycles. The quantitative estimate of drug-likeness (QED) is 0.793. The topological polar surface area (TPSA) is 27.7 Å². The maximum atomic E-state index is 5.48. The van der Waals surface area contributed by atoms with Crippen LogP contribution in [0.5, 0.6) is 5.75 Å². The van der Waals surface area contributed by atoms with Crippen molar-refractivity contribution < 1.29 is 4.74 Å². The van der Waals surface area contributed by atoms with Gasteiger partial charge in [-0.25, -0.2) is 0 Å². The zero-order valence-corrected chi connectivity index (χ0v) is 13.6.